The average Bonchev–Trinajstić information content (AvgIpc) is 2.11. The topological polar surface area (TPSA) is 67.8 Å². The second kappa shape index (κ2) is 5.70. The Hall–Kier alpha value is -2.07. The number of hydrogen-bond acceptors (Lipinski definition) is 3. The number of rotatable bonds is 0. The van der Waals surface area contributed by atoms with Gasteiger partial charge in [-0.05, 0) is 12.1 Å². The minimum atomic E-state index is -0.576. The highest BCUT2D eigenvalue weighted by molar-refractivity contribution is 5.21. The van der Waals surface area contributed by atoms with Crippen molar-refractivity contribution in [2.45, 2.75) is 0 Å². The lowest BCUT2D eigenvalue weighted by molar-refractivity contribution is 0.432. The van der Waals surface area contributed by atoms with E-state index in [1.807, 2.05) is 0 Å². The van der Waals surface area contributed by atoms with E-state index in [0.29, 0.717) is 0 Å². The molecule has 3 nitrogen and oxygen atoms in total. The lowest BCUT2D eigenvalue weighted by atomic mass is 10.3. The first-order valence-corrected chi connectivity index (χ1v) is 2.94. The molecule has 0 unspecified atom stereocenters. The van der Waals surface area contributed by atoms with Crippen molar-refractivity contribution in [1.82, 2.24) is 0 Å². The quantitative estimate of drug-likeness (QED) is 0.632. The number of phenolic OH excluding ortho intramolecular Hbond substituents is 1. The molecule has 0 spiro atoms. The molecule has 60 valence electrons. The molecule has 1 N–H and O–H groups in total. The molecule has 0 aliphatic carbocycles. The van der Waals surface area contributed by atoms with Gasteiger partial charge in [0.05, 0.1) is 0 Å². The summed E-state index contributed by atoms with van der Waals surface area (Å²) >= 11 is 0. The Morgan fingerprint density at radius 1 is 1.17 bits per heavy atom. The van der Waals surface area contributed by atoms with Gasteiger partial charge in [0.2, 0.25) is 0 Å². The molecule has 0 amide bonds. The monoisotopic (exact) mass is 164 g/mol. The maximum absolute atomic E-state index is 12.1. The van der Waals surface area contributed by atoms with Crippen molar-refractivity contribution in [3.05, 3.63) is 30.1 Å². The largest absolute Gasteiger partial charge is 0.505 e. The fourth-order valence-corrected chi connectivity index (χ4v) is 0.452. The summed E-state index contributed by atoms with van der Waals surface area (Å²) in [5.41, 5.74) is 0. The SMILES string of the molecule is N#CC#N.Oc1ccccc1F. The van der Waals surface area contributed by atoms with Crippen molar-refractivity contribution in [2.75, 3.05) is 0 Å². The molecular weight excluding hydrogens is 159 g/mol. The molecule has 0 saturated heterocycles. The van der Waals surface area contributed by atoms with E-state index in [1.54, 1.807) is 6.07 Å². The first kappa shape index (κ1) is 9.93. The molecule has 12 heavy (non-hydrogen) atoms. The van der Waals surface area contributed by atoms with Gasteiger partial charge in [0.1, 0.15) is 0 Å². The summed E-state index contributed by atoms with van der Waals surface area (Å²) in [4.78, 5) is 0. The van der Waals surface area contributed by atoms with Crippen LogP contribution in [0, 0.1) is 28.5 Å². The van der Waals surface area contributed by atoms with E-state index < -0.39 is 5.82 Å². The van der Waals surface area contributed by atoms with Gasteiger partial charge in [0, 0.05) is 0 Å². The van der Waals surface area contributed by atoms with E-state index in [4.69, 9.17) is 15.6 Å². The number of halogens is 1. The molecule has 0 saturated carbocycles. The molecule has 1 rings (SSSR count). The number of benzene rings is 1. The van der Waals surface area contributed by atoms with Crippen LogP contribution >= 0.6 is 0 Å². The third-order valence-electron chi connectivity index (χ3n) is 0.902. The number of nitriles is 2. The predicted octanol–water partition coefficient (Wildman–Crippen LogP) is 1.56. The van der Waals surface area contributed by atoms with Crippen molar-refractivity contribution in [2.24, 2.45) is 0 Å². The van der Waals surface area contributed by atoms with Gasteiger partial charge in [-0.25, -0.2) is 4.39 Å². The Bertz CT molecular complexity index is 292. The van der Waals surface area contributed by atoms with E-state index in [9.17, 15) is 4.39 Å². The fraction of sp³-hybridized carbons (Fsp3) is 0. The zero-order valence-corrected chi connectivity index (χ0v) is 6.03. The van der Waals surface area contributed by atoms with Crippen LogP contribution in [0.25, 0.3) is 0 Å². The first-order valence-electron chi connectivity index (χ1n) is 2.94. The maximum Gasteiger partial charge on any atom is 0.181 e. The molecule has 0 bridgehead atoms. The molecule has 0 aliphatic heterocycles. The number of phenols is 1. The Morgan fingerprint density at radius 3 is 1.92 bits per heavy atom. The average molecular weight is 164 g/mol. The lowest BCUT2D eigenvalue weighted by Gasteiger charge is -1.88. The van der Waals surface area contributed by atoms with Crippen molar-refractivity contribution >= 4 is 0 Å². The van der Waals surface area contributed by atoms with Gasteiger partial charge < -0.3 is 5.11 Å². The van der Waals surface area contributed by atoms with Crippen molar-refractivity contribution < 1.29 is 9.50 Å². The first-order chi connectivity index (χ1) is 5.72. The Kier molecular flexibility index (Phi) is 4.71. The second-order valence-corrected chi connectivity index (χ2v) is 1.68. The van der Waals surface area contributed by atoms with Gasteiger partial charge in [-0.15, -0.1) is 0 Å². The standard InChI is InChI=1S/C6H5FO.C2N2/c7-5-3-1-2-4-6(5)8;3-1-2-4/h1-4,8H;. The van der Waals surface area contributed by atoms with Gasteiger partial charge >= 0.3 is 0 Å². The van der Waals surface area contributed by atoms with E-state index in [2.05, 4.69) is 0 Å². The zero-order valence-electron chi connectivity index (χ0n) is 6.03. The summed E-state index contributed by atoms with van der Waals surface area (Å²) in [6, 6.07) is 8.07. The van der Waals surface area contributed by atoms with Gasteiger partial charge in [-0.2, -0.15) is 10.5 Å². The number of para-hydroxylation sites is 1. The Balaban J connectivity index is 0.000000261. The molecule has 0 aliphatic rings. The van der Waals surface area contributed by atoms with E-state index in [-0.39, 0.29) is 5.75 Å². The van der Waals surface area contributed by atoms with Crippen LogP contribution in [-0.4, -0.2) is 5.11 Å². The Morgan fingerprint density at radius 2 is 1.67 bits per heavy atom. The molecule has 1 aromatic rings. The second-order valence-electron chi connectivity index (χ2n) is 1.68. The smallest absolute Gasteiger partial charge is 0.181 e. The van der Waals surface area contributed by atoms with E-state index >= 15 is 0 Å². The predicted molar refractivity (Wildman–Crippen MR) is 39.3 cm³/mol. The summed E-state index contributed by atoms with van der Waals surface area (Å²) in [5.74, 6) is -0.875. The highest BCUT2D eigenvalue weighted by Crippen LogP contribution is 2.11. The van der Waals surface area contributed by atoms with E-state index in [0.717, 1.165) is 0 Å². The van der Waals surface area contributed by atoms with Crippen molar-refractivity contribution in [1.29, 1.82) is 10.5 Å². The molecule has 0 radical (unpaired) electrons. The van der Waals surface area contributed by atoms with Crippen LogP contribution in [0.2, 0.25) is 0 Å². The molecule has 4 heteroatoms. The summed E-state index contributed by atoms with van der Waals surface area (Å²) in [5, 5.41) is 23.1. The Labute approximate surface area is 68.9 Å². The fourth-order valence-electron chi connectivity index (χ4n) is 0.452. The van der Waals surface area contributed by atoms with Crippen LogP contribution in [-0.2, 0) is 0 Å². The minimum Gasteiger partial charge on any atom is -0.505 e. The number of aromatic hydroxyl groups is 1. The third-order valence-corrected chi connectivity index (χ3v) is 0.902. The van der Waals surface area contributed by atoms with Crippen LogP contribution < -0.4 is 0 Å². The van der Waals surface area contributed by atoms with Gasteiger partial charge in [-0.1, -0.05) is 12.1 Å². The molecule has 1 aromatic carbocycles. The summed E-state index contributed by atoms with van der Waals surface area (Å²) < 4.78 is 12.1. The van der Waals surface area contributed by atoms with Crippen LogP contribution in [0.1, 0.15) is 0 Å². The van der Waals surface area contributed by atoms with Crippen molar-refractivity contribution in [3.8, 4) is 17.9 Å². The highest BCUT2D eigenvalue weighted by atomic mass is 19.1. The molecule has 0 fully saturated rings. The normalized spacial score (nSPS) is 6.92. The molecular formula is C8H5FN2O. The molecule has 0 heterocycles. The van der Waals surface area contributed by atoms with Crippen LogP contribution in [0.3, 0.4) is 0 Å². The van der Waals surface area contributed by atoms with Crippen LogP contribution in [0.4, 0.5) is 4.39 Å². The zero-order chi connectivity index (χ0) is 9.40. The number of hydrogen-bond donors (Lipinski definition) is 1. The van der Waals surface area contributed by atoms with E-state index in [1.165, 1.54) is 30.3 Å². The number of nitrogens with zero attached hydrogens (tertiary/aromatic N) is 2. The van der Waals surface area contributed by atoms with Gasteiger partial charge in [0.15, 0.2) is 23.7 Å². The van der Waals surface area contributed by atoms with Crippen LogP contribution in [0.5, 0.6) is 5.75 Å². The third kappa shape index (κ3) is 3.86. The summed E-state index contributed by atoms with van der Waals surface area (Å²) in [7, 11) is 0. The summed E-state index contributed by atoms with van der Waals surface area (Å²) in [6.07, 6.45) is 0. The molecule has 0 atom stereocenters. The highest BCUT2D eigenvalue weighted by Gasteiger charge is 1.91. The van der Waals surface area contributed by atoms with Crippen LogP contribution in [0.15, 0.2) is 24.3 Å². The van der Waals surface area contributed by atoms with Gasteiger partial charge in [-0.3, -0.25) is 0 Å². The lowest BCUT2D eigenvalue weighted by Crippen LogP contribution is -1.70. The van der Waals surface area contributed by atoms with Crippen molar-refractivity contribution in [3.63, 3.8) is 0 Å². The van der Waals surface area contributed by atoms with Gasteiger partial charge in [0.25, 0.3) is 0 Å². The minimum absolute atomic E-state index is 0.299. The maximum atomic E-state index is 12.1. The molecule has 0 aromatic heterocycles. The summed E-state index contributed by atoms with van der Waals surface area (Å²) in [6.45, 7) is 0.